The molecule has 0 unspecified atom stereocenters. The Kier molecular flexibility index (Phi) is 4.87. The number of nitrogens with one attached hydrogen (secondary N) is 1. The minimum atomic E-state index is -0.354. The maximum atomic E-state index is 13.2. The number of rotatable bonds is 5. The third-order valence-electron chi connectivity index (χ3n) is 3.39. The summed E-state index contributed by atoms with van der Waals surface area (Å²) in [6.07, 6.45) is 0.0947. The molecule has 0 spiro atoms. The first-order valence-corrected chi connectivity index (χ1v) is 7.57. The molecule has 0 saturated carbocycles. The number of carbonyl (C=O) groups excluding carboxylic acids is 1. The Balaban J connectivity index is 1.72. The van der Waals surface area contributed by atoms with E-state index >= 15 is 0 Å². The summed E-state index contributed by atoms with van der Waals surface area (Å²) in [5, 5.41) is 2.81. The molecule has 0 bridgehead atoms. The van der Waals surface area contributed by atoms with Crippen molar-refractivity contribution in [2.45, 2.75) is 6.42 Å². The van der Waals surface area contributed by atoms with Crippen LogP contribution in [0.2, 0.25) is 0 Å². The van der Waals surface area contributed by atoms with Crippen LogP contribution in [0.4, 0.5) is 10.1 Å². The lowest BCUT2D eigenvalue weighted by molar-refractivity contribution is -0.115. The van der Waals surface area contributed by atoms with Gasteiger partial charge < -0.3 is 10.1 Å². The van der Waals surface area contributed by atoms with Gasteiger partial charge >= 0.3 is 0 Å². The van der Waals surface area contributed by atoms with Crippen LogP contribution in [0.25, 0.3) is 0 Å². The molecule has 4 heteroatoms. The lowest BCUT2D eigenvalue weighted by Crippen LogP contribution is -2.15. The van der Waals surface area contributed by atoms with Crippen LogP contribution in [0.5, 0.6) is 11.5 Å². The van der Waals surface area contributed by atoms with Crippen LogP contribution in [0.15, 0.2) is 78.9 Å². The van der Waals surface area contributed by atoms with Crippen molar-refractivity contribution < 1.29 is 13.9 Å². The molecule has 3 aromatic carbocycles. The van der Waals surface area contributed by atoms with Crippen molar-refractivity contribution in [3.8, 4) is 11.5 Å². The molecular weight excluding hydrogens is 305 g/mol. The van der Waals surface area contributed by atoms with E-state index in [0.717, 1.165) is 0 Å². The summed E-state index contributed by atoms with van der Waals surface area (Å²) in [5.74, 6) is 0.651. The van der Waals surface area contributed by atoms with Gasteiger partial charge in [-0.15, -0.1) is 0 Å². The fourth-order valence-corrected chi connectivity index (χ4v) is 2.30. The Bertz CT molecular complexity index is 834. The first-order valence-electron chi connectivity index (χ1n) is 7.57. The van der Waals surface area contributed by atoms with Crippen LogP contribution in [0, 0.1) is 5.82 Å². The standard InChI is InChI=1S/C20H16FNO2/c21-16-8-6-7-15(13-16)14-20(23)22-18-11-4-5-12-19(18)24-17-9-2-1-3-10-17/h1-13H,14H2,(H,22,23). The van der Waals surface area contributed by atoms with Crippen molar-refractivity contribution in [2.75, 3.05) is 5.32 Å². The van der Waals surface area contributed by atoms with E-state index in [4.69, 9.17) is 4.74 Å². The Labute approximate surface area is 139 Å². The highest BCUT2D eigenvalue weighted by Gasteiger charge is 2.09. The summed E-state index contributed by atoms with van der Waals surface area (Å²) in [4.78, 5) is 12.2. The van der Waals surface area contributed by atoms with Gasteiger partial charge in [0.25, 0.3) is 0 Å². The van der Waals surface area contributed by atoms with E-state index in [9.17, 15) is 9.18 Å². The number of carbonyl (C=O) groups is 1. The number of para-hydroxylation sites is 3. The summed E-state index contributed by atoms with van der Waals surface area (Å²) >= 11 is 0. The molecule has 1 amide bonds. The van der Waals surface area contributed by atoms with E-state index in [1.807, 2.05) is 42.5 Å². The normalized spacial score (nSPS) is 10.2. The molecule has 1 N–H and O–H groups in total. The Morgan fingerprint density at radius 1 is 0.917 bits per heavy atom. The lowest BCUT2D eigenvalue weighted by atomic mass is 10.1. The molecule has 120 valence electrons. The SMILES string of the molecule is O=C(Cc1cccc(F)c1)Nc1ccccc1Oc1ccccc1. The topological polar surface area (TPSA) is 38.3 Å². The maximum absolute atomic E-state index is 13.2. The summed E-state index contributed by atoms with van der Waals surface area (Å²) < 4.78 is 19.0. The molecule has 3 nitrogen and oxygen atoms in total. The van der Waals surface area contributed by atoms with Crippen molar-refractivity contribution in [3.63, 3.8) is 0 Å². The van der Waals surface area contributed by atoms with Crippen LogP contribution >= 0.6 is 0 Å². The molecule has 0 fully saturated rings. The van der Waals surface area contributed by atoms with Crippen molar-refractivity contribution >= 4 is 11.6 Å². The smallest absolute Gasteiger partial charge is 0.228 e. The van der Waals surface area contributed by atoms with Crippen LogP contribution in [-0.4, -0.2) is 5.91 Å². The molecule has 0 aromatic heterocycles. The molecule has 3 rings (SSSR count). The summed E-state index contributed by atoms with van der Waals surface area (Å²) in [6.45, 7) is 0. The number of hydrogen-bond acceptors (Lipinski definition) is 2. The number of hydrogen-bond donors (Lipinski definition) is 1. The van der Waals surface area contributed by atoms with Gasteiger partial charge in [-0.2, -0.15) is 0 Å². The van der Waals surface area contributed by atoms with Gasteiger partial charge in [-0.25, -0.2) is 4.39 Å². The van der Waals surface area contributed by atoms with E-state index < -0.39 is 0 Å². The first-order chi connectivity index (χ1) is 11.7. The average molecular weight is 321 g/mol. The number of amides is 1. The zero-order chi connectivity index (χ0) is 16.8. The van der Waals surface area contributed by atoms with Gasteiger partial charge in [0.2, 0.25) is 5.91 Å². The highest BCUT2D eigenvalue weighted by atomic mass is 19.1. The quantitative estimate of drug-likeness (QED) is 0.733. The van der Waals surface area contributed by atoms with Crippen LogP contribution in [0.1, 0.15) is 5.56 Å². The van der Waals surface area contributed by atoms with Crippen molar-refractivity contribution in [1.82, 2.24) is 0 Å². The van der Waals surface area contributed by atoms with Crippen molar-refractivity contribution in [1.29, 1.82) is 0 Å². The van der Waals surface area contributed by atoms with E-state index in [-0.39, 0.29) is 18.1 Å². The third-order valence-corrected chi connectivity index (χ3v) is 3.39. The first kappa shape index (κ1) is 15.7. The second-order valence-corrected chi connectivity index (χ2v) is 5.27. The van der Waals surface area contributed by atoms with Crippen LogP contribution in [-0.2, 0) is 11.2 Å². The Morgan fingerprint density at radius 3 is 2.46 bits per heavy atom. The molecule has 3 aromatic rings. The molecule has 24 heavy (non-hydrogen) atoms. The third kappa shape index (κ3) is 4.20. The van der Waals surface area contributed by atoms with Gasteiger partial charge in [0.1, 0.15) is 11.6 Å². The zero-order valence-corrected chi connectivity index (χ0v) is 12.9. The predicted octanol–water partition coefficient (Wildman–Crippen LogP) is 4.80. The molecule has 0 radical (unpaired) electrons. The number of anilines is 1. The second-order valence-electron chi connectivity index (χ2n) is 5.27. The highest BCUT2D eigenvalue weighted by Crippen LogP contribution is 2.29. The van der Waals surface area contributed by atoms with E-state index in [1.54, 1.807) is 24.3 Å². The fourth-order valence-electron chi connectivity index (χ4n) is 2.30. The van der Waals surface area contributed by atoms with Gasteiger partial charge in [0.15, 0.2) is 5.75 Å². The van der Waals surface area contributed by atoms with Crippen LogP contribution in [0.3, 0.4) is 0 Å². The number of benzene rings is 3. The Hall–Kier alpha value is -3.14. The molecule has 0 aliphatic heterocycles. The van der Waals surface area contributed by atoms with Gasteiger partial charge in [-0.05, 0) is 42.0 Å². The Morgan fingerprint density at radius 2 is 1.67 bits per heavy atom. The fraction of sp³-hybridized carbons (Fsp3) is 0.0500. The van der Waals surface area contributed by atoms with Gasteiger partial charge in [-0.1, -0.05) is 42.5 Å². The molecule has 0 heterocycles. The maximum Gasteiger partial charge on any atom is 0.228 e. The van der Waals surface area contributed by atoms with Crippen LogP contribution < -0.4 is 10.1 Å². The van der Waals surface area contributed by atoms with Crippen molar-refractivity contribution in [2.24, 2.45) is 0 Å². The monoisotopic (exact) mass is 321 g/mol. The molecule has 0 atom stereocenters. The van der Waals surface area contributed by atoms with Gasteiger partial charge in [0.05, 0.1) is 12.1 Å². The van der Waals surface area contributed by atoms with Gasteiger partial charge in [-0.3, -0.25) is 4.79 Å². The zero-order valence-electron chi connectivity index (χ0n) is 12.9. The molecule has 0 aliphatic rings. The lowest BCUT2D eigenvalue weighted by Gasteiger charge is -2.12. The summed E-state index contributed by atoms with van der Waals surface area (Å²) in [6, 6.07) is 22.5. The minimum Gasteiger partial charge on any atom is -0.455 e. The predicted molar refractivity (Wildman–Crippen MR) is 91.7 cm³/mol. The van der Waals surface area contributed by atoms with Gasteiger partial charge in [0, 0.05) is 0 Å². The second kappa shape index (κ2) is 7.42. The highest BCUT2D eigenvalue weighted by molar-refractivity contribution is 5.93. The van der Waals surface area contributed by atoms with Crippen molar-refractivity contribution in [3.05, 3.63) is 90.2 Å². The van der Waals surface area contributed by atoms with E-state index in [2.05, 4.69) is 5.32 Å². The molecular formula is C20H16FNO2. The average Bonchev–Trinajstić information content (AvgIpc) is 2.57. The minimum absolute atomic E-state index is 0.0947. The largest absolute Gasteiger partial charge is 0.455 e. The molecule has 0 saturated heterocycles. The van der Waals surface area contributed by atoms with E-state index in [1.165, 1.54) is 12.1 Å². The summed E-state index contributed by atoms with van der Waals surface area (Å²) in [5.41, 5.74) is 1.19. The molecule has 0 aliphatic carbocycles. The number of ether oxygens (including phenoxy) is 1. The number of halogens is 1. The summed E-state index contributed by atoms with van der Waals surface area (Å²) in [7, 11) is 0. The van der Waals surface area contributed by atoms with E-state index in [0.29, 0.717) is 22.7 Å².